The van der Waals surface area contributed by atoms with E-state index in [1.807, 2.05) is 0 Å². The van der Waals surface area contributed by atoms with Crippen LogP contribution in [0.2, 0.25) is 0 Å². The maximum atomic E-state index is 8.52. The summed E-state index contributed by atoms with van der Waals surface area (Å²) in [5.74, 6) is 0. The van der Waals surface area contributed by atoms with Gasteiger partial charge in [-0.1, -0.05) is 0 Å². The van der Waals surface area contributed by atoms with Crippen LogP contribution in [0, 0.1) is 178 Å². The zero-order valence-electron chi connectivity index (χ0n) is 18.8. The molecule has 0 saturated carbocycles. The van der Waals surface area contributed by atoms with Gasteiger partial charge in [0, 0.05) is 55.0 Å². The molecule has 40 heavy (non-hydrogen) atoms. The molecule has 0 spiro atoms. The monoisotopic (exact) mass is 1370 g/mol. The van der Waals surface area contributed by atoms with Gasteiger partial charge in [0.25, 0.3) is 0 Å². The maximum Gasteiger partial charge on any atom is 3.00 e. The largest absolute Gasteiger partial charge is 3.00 e. The second-order valence-corrected chi connectivity index (χ2v) is 4.50. The molecule has 192 valence electrons. The van der Waals surface area contributed by atoms with Gasteiger partial charge >= 0.3 is 265 Å². The fourth-order valence-corrected chi connectivity index (χ4v) is 0. The second kappa shape index (κ2) is 151. The molecule has 0 bridgehead atoms. The predicted octanol–water partition coefficient (Wildman–Crippen LogP) is -17.4. The van der Waals surface area contributed by atoms with E-state index in [1.54, 1.807) is 0 Å². The van der Waals surface area contributed by atoms with E-state index >= 15 is 0 Å². The Balaban J connectivity index is -0.00000000450. The fourth-order valence-electron chi connectivity index (χ4n) is 0. The summed E-state index contributed by atoms with van der Waals surface area (Å²) in [6.07, 6.45) is 0. The van der Waals surface area contributed by atoms with Crippen LogP contribution >= 0.6 is 0 Å². The maximum absolute atomic E-state index is 8.52. The normalized spacial score (nSPS) is 3.60. The molecule has 0 radical (unpaired) electrons. The topological polar surface area (TPSA) is 562 Å². The van der Waals surface area contributed by atoms with Gasteiger partial charge in [-0.2, -0.15) is 0 Å². The molecule has 0 aromatic rings. The summed E-state index contributed by atoms with van der Waals surface area (Å²) in [6.45, 7) is 0. The minimum absolute atomic E-state index is 0. The van der Waals surface area contributed by atoms with E-state index in [-0.39, 0.29) is 302 Å². The van der Waals surface area contributed by atoms with E-state index in [9.17, 15) is 0 Å². The van der Waals surface area contributed by atoms with Crippen LogP contribution in [0.4, 0.5) is 0 Å². The van der Waals surface area contributed by atoms with Gasteiger partial charge in [-0.25, -0.2) is 0 Å². The van der Waals surface area contributed by atoms with Crippen molar-refractivity contribution < 1.29 is 262 Å². The minimum Gasteiger partial charge on any atom is -3.00 e. The van der Waals surface area contributed by atoms with Crippen LogP contribution in [0.1, 0.15) is 0 Å². The van der Waals surface area contributed by atoms with Gasteiger partial charge in [0.15, 0.2) is 0 Å². The first-order valence-corrected chi connectivity index (χ1v) is 11.0. The standard InChI is InChI=1S/5Al.5La.6N.6O3Si/c;;;;;;;;;;;;;;;;6*1-4(2)3/q10*+3;6*-3;6*-2. The van der Waals surface area contributed by atoms with Crippen molar-refractivity contribution in [3.05, 3.63) is 36.9 Å². The first-order chi connectivity index (χ1) is 10.4. The van der Waals surface area contributed by atoms with E-state index in [2.05, 4.69) is 0 Å². The molecule has 0 fully saturated rings. The molecule has 0 atom stereocenters. The number of nitrogens with zero attached hydrogens (tertiary/aromatic N) is 6. The van der Waals surface area contributed by atoms with Gasteiger partial charge in [0.1, 0.15) is 0 Å². The molecule has 0 aliphatic carbocycles. The van der Waals surface area contributed by atoms with E-state index in [0.717, 1.165) is 0 Å². The van der Waals surface area contributed by atoms with Crippen molar-refractivity contribution in [1.29, 1.82) is 0 Å². The second-order valence-electron chi connectivity index (χ2n) is 1.50. The zero-order chi connectivity index (χ0) is 21.5. The first kappa shape index (κ1) is 161. The Morgan fingerprint density at radius 2 is 0.225 bits per heavy atom. The summed E-state index contributed by atoms with van der Waals surface area (Å²) in [5.41, 5.74) is 0. The van der Waals surface area contributed by atoms with E-state index in [1.165, 1.54) is 0 Å². The van der Waals surface area contributed by atoms with Gasteiger partial charge in [-0.15, -0.1) is 0 Å². The molecule has 0 saturated heterocycles. The molecule has 0 aliphatic heterocycles. The van der Waals surface area contributed by atoms with Crippen molar-refractivity contribution in [2.45, 2.75) is 0 Å². The molecule has 0 unspecified atom stereocenters. The third kappa shape index (κ3) is 2200. The third-order valence-electron chi connectivity index (χ3n) is 0. The summed E-state index contributed by atoms with van der Waals surface area (Å²) in [4.78, 5) is 102. The Morgan fingerprint density at radius 3 is 0.225 bits per heavy atom. The summed E-state index contributed by atoms with van der Waals surface area (Å²) in [5, 5.41) is 0. The van der Waals surface area contributed by atoms with Gasteiger partial charge in [-0.3, -0.25) is 0 Å². The summed E-state index contributed by atoms with van der Waals surface area (Å²) in [7, 11) is -21.8. The van der Waals surface area contributed by atoms with Gasteiger partial charge in [0.2, 0.25) is 0 Å². The van der Waals surface area contributed by atoms with Gasteiger partial charge in [-0.05, 0) is 0 Å². The zero-order valence-corrected chi connectivity index (χ0v) is 48.7. The van der Waals surface area contributed by atoms with Crippen LogP contribution in [0.15, 0.2) is 0 Å². The van der Waals surface area contributed by atoms with Crippen LogP contribution in [-0.4, -0.2) is 142 Å². The Kier molecular flexibility index (Phi) is 610. The van der Waals surface area contributed by atoms with E-state index in [0.29, 0.717) is 0 Å². The average Bonchev–Trinajstić information content (AvgIpc) is 2.08. The molecule has 0 N–H and O–H groups in total. The summed E-state index contributed by atoms with van der Waals surface area (Å²) < 4.78 is 51.1. The Bertz CT molecular complexity index is 315. The van der Waals surface area contributed by atoms with Crippen molar-refractivity contribution >= 4 is 142 Å². The molecule has 0 aromatic carbocycles. The van der Waals surface area contributed by atoms with Crippen molar-refractivity contribution in [3.8, 4) is 0 Å². The summed E-state index contributed by atoms with van der Waals surface area (Å²) in [6, 6.07) is 0. The van der Waals surface area contributed by atoms with Gasteiger partial charge in [0.05, 0.1) is 0 Å². The first-order valence-electron chi connectivity index (χ1n) is 3.67. The van der Waals surface area contributed by atoms with Crippen molar-refractivity contribution in [1.82, 2.24) is 0 Å². The number of hydrogen-bond acceptors (Lipinski definition) is 18. The van der Waals surface area contributed by atoms with E-state index < -0.39 is 55.0 Å². The quantitative estimate of drug-likeness (QED) is 0.203. The molecule has 0 rings (SSSR count). The molecule has 0 heterocycles. The van der Waals surface area contributed by atoms with Crippen LogP contribution in [0.5, 0.6) is 0 Å². The van der Waals surface area contributed by atoms with Gasteiger partial charge < -0.3 is 121 Å². The molecule has 0 aliphatic rings. The van der Waals surface area contributed by atoms with Crippen LogP contribution in [0.3, 0.4) is 0 Å². The molecule has 40 heteroatoms. The van der Waals surface area contributed by atoms with Crippen molar-refractivity contribution in [3.63, 3.8) is 0 Å². The SMILES string of the molecule is O=[Si]([O-])[O-].O=[Si]([O-])[O-].O=[Si]([O-])[O-].O=[Si]([O-])[O-].O=[Si]([O-])[O-].O=[Si]([O-])[O-].[Al+3].[Al+3].[Al+3].[Al+3].[Al+3].[La+3].[La+3].[La+3].[La+3].[La+3].[N-3].[N-3].[N-3].[N-3].[N-3].[N-3]. The summed E-state index contributed by atoms with van der Waals surface area (Å²) >= 11 is 0. The smallest absolute Gasteiger partial charge is 3.00 e. The Labute approximate surface area is 431 Å². The Hall–Kier alpha value is 6.10. The predicted molar refractivity (Wildman–Crippen MR) is 87.6 cm³/mol. The third-order valence-corrected chi connectivity index (χ3v) is 0. The Morgan fingerprint density at radius 1 is 0.225 bits per heavy atom. The van der Waals surface area contributed by atoms with Crippen LogP contribution in [0.25, 0.3) is 36.9 Å². The van der Waals surface area contributed by atoms with E-state index in [4.69, 9.17) is 84.3 Å². The fraction of sp³-hybridized carbons (Fsp3) is 0. The molecule has 0 amide bonds. The molecule has 24 nitrogen and oxygen atoms in total. The molecular weight excluding hydrogens is 1370 g/mol. The van der Waals surface area contributed by atoms with Crippen molar-refractivity contribution in [2.24, 2.45) is 0 Å². The number of hydrogen-bond donors (Lipinski definition) is 0. The van der Waals surface area contributed by atoms with Crippen LogP contribution in [-0.2, 0) is 26.8 Å². The van der Waals surface area contributed by atoms with Crippen LogP contribution < -0.4 is 57.5 Å². The van der Waals surface area contributed by atoms with Crippen molar-refractivity contribution in [2.75, 3.05) is 0 Å². The molecule has 0 aromatic heterocycles. The average molecular weight is 1370 g/mol. The minimum atomic E-state index is -3.63. The molecular formula is Al5La5N6O18Si6. The number of rotatable bonds is 0.